The number of rotatable bonds is 2. The molecule has 15 heavy (non-hydrogen) atoms. The Bertz CT molecular complexity index is 550. The highest BCUT2D eigenvalue weighted by Gasteiger charge is 2.05. The largest absolute Gasteiger partial charge is 0.145 e. The first-order chi connectivity index (χ1) is 7.26. The van der Waals surface area contributed by atoms with Gasteiger partial charge in [-0.25, -0.2) is 0 Å². The van der Waals surface area contributed by atoms with E-state index in [9.17, 15) is 9.81 Å². The maximum Gasteiger partial charge on any atom is 0.118 e. The minimum atomic E-state index is 0.350. The summed E-state index contributed by atoms with van der Waals surface area (Å²) in [5.41, 5.74) is 1.59. The average molecular weight is 200 g/mol. The zero-order chi connectivity index (χ0) is 10.8. The van der Waals surface area contributed by atoms with Crippen LogP contribution in [0, 0.1) is 16.7 Å². The van der Waals surface area contributed by atoms with E-state index in [4.69, 9.17) is 0 Å². The molecule has 0 amide bonds. The number of aryl methyl sites for hydroxylation is 1. The van der Waals surface area contributed by atoms with E-state index in [2.05, 4.69) is 10.4 Å². The summed E-state index contributed by atoms with van der Waals surface area (Å²) < 4.78 is 0. The Hall–Kier alpha value is -2.10. The van der Waals surface area contributed by atoms with Crippen molar-refractivity contribution in [3.05, 3.63) is 45.7 Å². The first kappa shape index (κ1) is 9.45. The summed E-state index contributed by atoms with van der Waals surface area (Å²) in [5, 5.41) is 7.38. The summed E-state index contributed by atoms with van der Waals surface area (Å²) in [6.45, 7) is 1.82. The third-order valence-electron chi connectivity index (χ3n) is 2.37. The molecule has 0 bridgehead atoms. The van der Waals surface area contributed by atoms with Crippen LogP contribution in [0.25, 0.3) is 10.8 Å². The molecule has 2 rings (SSSR count). The van der Waals surface area contributed by atoms with Crippen molar-refractivity contribution in [1.29, 1.82) is 0 Å². The van der Waals surface area contributed by atoms with Gasteiger partial charge < -0.3 is 0 Å². The molecule has 0 spiro atoms. The van der Waals surface area contributed by atoms with Gasteiger partial charge in [0.1, 0.15) is 11.4 Å². The summed E-state index contributed by atoms with van der Waals surface area (Å²) in [6, 6.07) is 8.54. The van der Waals surface area contributed by atoms with Crippen molar-refractivity contribution in [2.24, 2.45) is 10.4 Å². The Morgan fingerprint density at radius 3 is 2.47 bits per heavy atom. The van der Waals surface area contributed by atoms with Gasteiger partial charge in [-0.1, -0.05) is 12.1 Å². The molecule has 0 saturated carbocycles. The van der Waals surface area contributed by atoms with Gasteiger partial charge in [-0.05, 0) is 46.4 Å². The van der Waals surface area contributed by atoms with Crippen molar-refractivity contribution in [2.45, 2.75) is 6.92 Å². The summed E-state index contributed by atoms with van der Waals surface area (Å²) in [6.07, 6.45) is 0. The second-order valence-electron chi connectivity index (χ2n) is 3.32. The molecule has 0 fully saturated rings. The molecule has 0 aliphatic heterocycles. The Morgan fingerprint density at radius 1 is 1.00 bits per heavy atom. The molecule has 0 N–H and O–H groups in total. The lowest BCUT2D eigenvalue weighted by Gasteiger charge is -2.02. The molecule has 0 aliphatic rings. The zero-order valence-corrected chi connectivity index (χ0v) is 8.10. The zero-order valence-electron chi connectivity index (χ0n) is 8.10. The van der Waals surface area contributed by atoms with E-state index in [-0.39, 0.29) is 0 Å². The molecule has 0 aliphatic carbocycles. The van der Waals surface area contributed by atoms with Crippen LogP contribution in [0.3, 0.4) is 0 Å². The highest BCUT2D eigenvalue weighted by atomic mass is 16.3. The lowest BCUT2D eigenvalue weighted by molar-refractivity contribution is 1.41. The van der Waals surface area contributed by atoms with Crippen LogP contribution in [0.2, 0.25) is 0 Å². The van der Waals surface area contributed by atoms with Crippen molar-refractivity contribution >= 4 is 22.1 Å². The normalized spacial score (nSPS) is 10.2. The lowest BCUT2D eigenvalue weighted by atomic mass is 10.0. The van der Waals surface area contributed by atoms with Gasteiger partial charge in [0.05, 0.1) is 0 Å². The van der Waals surface area contributed by atoms with Gasteiger partial charge in [-0.15, -0.1) is 9.81 Å². The Morgan fingerprint density at radius 2 is 1.80 bits per heavy atom. The van der Waals surface area contributed by atoms with Crippen LogP contribution in [0.4, 0.5) is 11.4 Å². The van der Waals surface area contributed by atoms with Gasteiger partial charge in [0.15, 0.2) is 0 Å². The first-order valence-electron chi connectivity index (χ1n) is 4.46. The number of nitroso groups, excluding NO2 is 2. The fraction of sp³-hybridized carbons (Fsp3) is 0.0909. The van der Waals surface area contributed by atoms with Gasteiger partial charge in [-0.2, -0.15) is 0 Å². The summed E-state index contributed by atoms with van der Waals surface area (Å²) in [4.78, 5) is 21.0. The molecule has 4 nitrogen and oxygen atoms in total. The molecule has 0 unspecified atom stereocenters. The van der Waals surface area contributed by atoms with Gasteiger partial charge in [0.2, 0.25) is 0 Å². The van der Waals surface area contributed by atoms with Crippen molar-refractivity contribution < 1.29 is 0 Å². The van der Waals surface area contributed by atoms with Crippen molar-refractivity contribution in [1.82, 2.24) is 0 Å². The average Bonchev–Trinajstić information content (AvgIpc) is 2.28. The fourth-order valence-corrected chi connectivity index (χ4v) is 1.59. The maximum atomic E-state index is 10.7. The molecule has 2 aromatic carbocycles. The van der Waals surface area contributed by atoms with Crippen LogP contribution in [0.5, 0.6) is 0 Å². The quantitative estimate of drug-likeness (QED) is 0.689. The number of fused-ring (bicyclic) bond motifs is 1. The predicted octanol–water partition coefficient (Wildman–Crippen LogP) is 3.94. The number of benzene rings is 2. The summed E-state index contributed by atoms with van der Waals surface area (Å²) >= 11 is 0. The molecule has 2 aromatic rings. The molecular formula is C11H8N2O2. The fourth-order valence-electron chi connectivity index (χ4n) is 1.59. The van der Waals surface area contributed by atoms with Gasteiger partial charge in [0, 0.05) is 5.39 Å². The van der Waals surface area contributed by atoms with Crippen LogP contribution >= 0.6 is 0 Å². The Kier molecular flexibility index (Phi) is 2.25. The summed E-state index contributed by atoms with van der Waals surface area (Å²) in [5.74, 6) is 0. The maximum absolute atomic E-state index is 10.7. The van der Waals surface area contributed by atoms with Crippen molar-refractivity contribution in [3.63, 3.8) is 0 Å². The number of hydrogen-bond acceptors (Lipinski definition) is 4. The topological polar surface area (TPSA) is 58.9 Å². The third-order valence-corrected chi connectivity index (χ3v) is 2.37. The van der Waals surface area contributed by atoms with Crippen molar-refractivity contribution in [2.75, 3.05) is 0 Å². The van der Waals surface area contributed by atoms with Crippen LogP contribution in [0.1, 0.15) is 5.56 Å². The van der Waals surface area contributed by atoms with E-state index in [1.807, 2.05) is 13.0 Å². The Balaban J connectivity index is 2.83. The molecule has 0 atom stereocenters. The van der Waals surface area contributed by atoms with Crippen LogP contribution < -0.4 is 0 Å². The van der Waals surface area contributed by atoms with Gasteiger partial charge >= 0.3 is 0 Å². The highest BCUT2D eigenvalue weighted by molar-refractivity contribution is 5.95. The second-order valence-corrected chi connectivity index (χ2v) is 3.32. The first-order valence-corrected chi connectivity index (χ1v) is 4.46. The highest BCUT2D eigenvalue weighted by Crippen LogP contribution is 2.31. The second kappa shape index (κ2) is 3.57. The molecule has 0 radical (unpaired) electrons. The monoisotopic (exact) mass is 200 g/mol. The minimum absolute atomic E-state index is 0.350. The molecular weight excluding hydrogens is 192 g/mol. The third kappa shape index (κ3) is 1.50. The van der Waals surface area contributed by atoms with Crippen LogP contribution in [-0.4, -0.2) is 0 Å². The molecule has 0 aromatic heterocycles. The van der Waals surface area contributed by atoms with E-state index >= 15 is 0 Å². The number of nitrogens with zero attached hydrogens (tertiary/aromatic N) is 2. The van der Waals surface area contributed by atoms with Gasteiger partial charge in [-0.3, -0.25) is 0 Å². The van der Waals surface area contributed by atoms with Crippen molar-refractivity contribution in [3.8, 4) is 0 Å². The van der Waals surface area contributed by atoms with Crippen LogP contribution in [0.15, 0.2) is 40.7 Å². The number of hydrogen-bond donors (Lipinski definition) is 0. The molecule has 0 heterocycles. The van der Waals surface area contributed by atoms with E-state index in [1.54, 1.807) is 24.3 Å². The smallest absolute Gasteiger partial charge is 0.118 e. The van der Waals surface area contributed by atoms with Gasteiger partial charge in [0.25, 0.3) is 0 Å². The van der Waals surface area contributed by atoms with E-state index < -0.39 is 0 Å². The SMILES string of the molecule is Cc1ccc2cc(N=O)ccc2c1N=O. The predicted molar refractivity (Wildman–Crippen MR) is 59.6 cm³/mol. The lowest BCUT2D eigenvalue weighted by Crippen LogP contribution is -1.78. The molecule has 0 saturated heterocycles. The van der Waals surface area contributed by atoms with E-state index in [1.165, 1.54) is 0 Å². The summed E-state index contributed by atoms with van der Waals surface area (Å²) in [7, 11) is 0. The van der Waals surface area contributed by atoms with E-state index in [0.29, 0.717) is 11.4 Å². The molecule has 4 heteroatoms. The minimum Gasteiger partial charge on any atom is -0.145 e. The molecule has 74 valence electrons. The standard InChI is InChI=1S/C11H8N2O2/c1-7-2-3-8-6-9(12-14)4-5-10(8)11(7)13-15/h2-6H,1H3. The van der Waals surface area contributed by atoms with Crippen LogP contribution in [-0.2, 0) is 0 Å². The van der Waals surface area contributed by atoms with E-state index in [0.717, 1.165) is 16.3 Å². The Labute approximate surface area is 85.9 Å².